The zero-order valence-corrected chi connectivity index (χ0v) is 20.9. The molecule has 0 aliphatic rings. The van der Waals surface area contributed by atoms with Crippen LogP contribution < -0.4 is 20.2 Å². The molecule has 0 saturated heterocycles. The first-order chi connectivity index (χ1) is 18.4. The molecule has 190 valence electrons. The lowest BCUT2D eigenvalue weighted by Gasteiger charge is -2.09. The minimum Gasteiger partial charge on any atom is -0.497 e. The monoisotopic (exact) mass is 527 g/mol. The summed E-state index contributed by atoms with van der Waals surface area (Å²) in [5.74, 6) is -0.471. The van der Waals surface area contributed by atoms with Crippen LogP contribution in [0.25, 0.3) is 0 Å². The molecule has 0 aliphatic heterocycles. The van der Waals surface area contributed by atoms with Crippen LogP contribution in [-0.4, -0.2) is 31.1 Å². The number of hydrazone groups is 1. The molecule has 0 unspecified atom stereocenters. The number of benzene rings is 4. The molecule has 4 aromatic carbocycles. The number of nitrogens with one attached hydrogen (secondary N) is 2. The molecular weight excluding hydrogens is 506 g/mol. The van der Waals surface area contributed by atoms with Gasteiger partial charge in [0.2, 0.25) is 0 Å². The molecular formula is C29H22ClN3O5. The van der Waals surface area contributed by atoms with Crippen molar-refractivity contribution in [3.8, 4) is 11.5 Å². The van der Waals surface area contributed by atoms with Crippen LogP contribution in [0.5, 0.6) is 11.5 Å². The van der Waals surface area contributed by atoms with E-state index in [4.69, 9.17) is 21.1 Å². The summed E-state index contributed by atoms with van der Waals surface area (Å²) < 4.78 is 10.6. The van der Waals surface area contributed by atoms with Crippen molar-refractivity contribution < 1.29 is 23.9 Å². The van der Waals surface area contributed by atoms with Gasteiger partial charge >= 0.3 is 5.97 Å². The van der Waals surface area contributed by atoms with Gasteiger partial charge < -0.3 is 14.8 Å². The first-order valence-corrected chi connectivity index (χ1v) is 11.8. The molecule has 0 bridgehead atoms. The molecule has 0 radical (unpaired) electrons. The molecule has 8 nitrogen and oxygen atoms in total. The Morgan fingerprint density at radius 1 is 0.789 bits per heavy atom. The number of anilines is 1. The lowest BCUT2D eigenvalue weighted by atomic mass is 10.1. The van der Waals surface area contributed by atoms with Crippen molar-refractivity contribution in [3.63, 3.8) is 0 Å². The highest BCUT2D eigenvalue weighted by molar-refractivity contribution is 6.31. The summed E-state index contributed by atoms with van der Waals surface area (Å²) in [7, 11) is 1.53. The Hall–Kier alpha value is -4.95. The maximum atomic E-state index is 12.6. The van der Waals surface area contributed by atoms with Crippen LogP contribution in [-0.2, 0) is 0 Å². The molecule has 0 atom stereocenters. The maximum absolute atomic E-state index is 12.6. The first kappa shape index (κ1) is 26.1. The fourth-order valence-corrected chi connectivity index (χ4v) is 3.50. The number of halogens is 1. The van der Waals surface area contributed by atoms with Gasteiger partial charge in [0.05, 0.1) is 18.9 Å². The second-order valence-corrected chi connectivity index (χ2v) is 8.33. The second-order valence-electron chi connectivity index (χ2n) is 7.90. The third kappa shape index (κ3) is 6.83. The molecule has 4 rings (SSSR count). The van der Waals surface area contributed by atoms with E-state index >= 15 is 0 Å². The van der Waals surface area contributed by atoms with Crippen molar-refractivity contribution in [2.75, 3.05) is 12.4 Å². The number of esters is 1. The van der Waals surface area contributed by atoms with E-state index in [9.17, 15) is 14.4 Å². The number of methoxy groups -OCH3 is 1. The lowest BCUT2D eigenvalue weighted by molar-refractivity contribution is 0.0733. The number of ether oxygens (including phenoxy) is 2. The molecule has 0 saturated carbocycles. The summed E-state index contributed by atoms with van der Waals surface area (Å²) in [6.45, 7) is 0. The predicted octanol–water partition coefficient (Wildman–Crippen LogP) is 5.58. The van der Waals surface area contributed by atoms with Crippen molar-refractivity contribution in [2.24, 2.45) is 5.10 Å². The SMILES string of the molecule is COc1ccc(C(=O)Oc2ccc(Cl)cc2/C=N/NC(=O)c2ccc(NC(=O)c3ccccc3)cc2)cc1. The Kier molecular flexibility index (Phi) is 8.48. The molecule has 0 aliphatic carbocycles. The van der Waals surface area contributed by atoms with E-state index in [0.29, 0.717) is 38.7 Å². The summed E-state index contributed by atoms with van der Waals surface area (Å²) in [5.41, 5.74) is 4.54. The Bertz CT molecular complexity index is 1470. The van der Waals surface area contributed by atoms with Crippen molar-refractivity contribution >= 4 is 41.3 Å². The Morgan fingerprint density at radius 2 is 1.45 bits per heavy atom. The average molecular weight is 528 g/mol. The van der Waals surface area contributed by atoms with Gasteiger partial charge in [0.1, 0.15) is 11.5 Å². The van der Waals surface area contributed by atoms with Gasteiger partial charge in [0.25, 0.3) is 11.8 Å². The summed E-state index contributed by atoms with van der Waals surface area (Å²) in [6, 6.07) is 26.3. The summed E-state index contributed by atoms with van der Waals surface area (Å²) >= 11 is 6.10. The summed E-state index contributed by atoms with van der Waals surface area (Å²) in [6.07, 6.45) is 1.33. The number of nitrogens with zero attached hydrogens (tertiary/aromatic N) is 1. The standard InChI is InChI=1S/C29H22ClN3O5/c1-37-25-14-9-21(10-15-25)29(36)38-26-16-11-23(30)17-22(26)18-31-33-28(35)20-7-12-24(13-8-20)32-27(34)19-5-3-2-4-6-19/h2-18H,1H3,(H,32,34)(H,33,35)/b31-18+. The third-order valence-electron chi connectivity index (χ3n) is 5.31. The van der Waals surface area contributed by atoms with E-state index in [1.807, 2.05) is 6.07 Å². The van der Waals surface area contributed by atoms with Gasteiger partial charge in [0.15, 0.2) is 0 Å². The van der Waals surface area contributed by atoms with Gasteiger partial charge in [0, 0.05) is 27.4 Å². The number of carbonyl (C=O) groups excluding carboxylic acids is 3. The fraction of sp³-hybridized carbons (Fsp3) is 0.0345. The number of hydrogen-bond donors (Lipinski definition) is 2. The van der Waals surface area contributed by atoms with Gasteiger partial charge in [-0.2, -0.15) is 5.10 Å². The van der Waals surface area contributed by atoms with Gasteiger partial charge in [-0.1, -0.05) is 29.8 Å². The quantitative estimate of drug-likeness (QED) is 0.135. The Labute approximate surface area is 223 Å². The molecule has 0 fully saturated rings. The van der Waals surface area contributed by atoms with E-state index in [-0.39, 0.29) is 11.7 Å². The molecule has 2 N–H and O–H groups in total. The van der Waals surface area contributed by atoms with Crippen LogP contribution in [0.1, 0.15) is 36.6 Å². The zero-order chi connectivity index (χ0) is 26.9. The van der Waals surface area contributed by atoms with Crippen molar-refractivity contribution in [1.82, 2.24) is 5.43 Å². The van der Waals surface area contributed by atoms with Crippen LogP contribution in [0.3, 0.4) is 0 Å². The smallest absolute Gasteiger partial charge is 0.343 e. The Morgan fingerprint density at radius 3 is 2.13 bits per heavy atom. The minimum atomic E-state index is -0.576. The highest BCUT2D eigenvalue weighted by Gasteiger charge is 2.12. The van der Waals surface area contributed by atoms with Gasteiger partial charge in [-0.25, -0.2) is 10.2 Å². The number of hydrogen-bond acceptors (Lipinski definition) is 6. The van der Waals surface area contributed by atoms with E-state index in [2.05, 4.69) is 15.8 Å². The van der Waals surface area contributed by atoms with Crippen molar-refractivity contribution in [3.05, 3.63) is 124 Å². The molecule has 9 heteroatoms. The van der Waals surface area contributed by atoms with E-state index < -0.39 is 11.9 Å². The van der Waals surface area contributed by atoms with E-state index in [0.717, 1.165) is 0 Å². The largest absolute Gasteiger partial charge is 0.497 e. The van der Waals surface area contributed by atoms with Crippen LogP contribution >= 0.6 is 11.6 Å². The normalized spacial score (nSPS) is 10.6. The number of amides is 2. The zero-order valence-electron chi connectivity index (χ0n) is 20.2. The summed E-state index contributed by atoms with van der Waals surface area (Å²) in [4.78, 5) is 37.4. The molecule has 0 heterocycles. The predicted molar refractivity (Wildman–Crippen MR) is 145 cm³/mol. The fourth-order valence-electron chi connectivity index (χ4n) is 3.32. The lowest BCUT2D eigenvalue weighted by Crippen LogP contribution is -2.18. The van der Waals surface area contributed by atoms with E-state index in [1.165, 1.54) is 19.4 Å². The van der Waals surface area contributed by atoms with Crippen LogP contribution in [0.15, 0.2) is 102 Å². The third-order valence-corrected chi connectivity index (χ3v) is 5.55. The molecule has 0 spiro atoms. The van der Waals surface area contributed by atoms with Crippen LogP contribution in [0.2, 0.25) is 5.02 Å². The highest BCUT2D eigenvalue weighted by Crippen LogP contribution is 2.23. The van der Waals surface area contributed by atoms with Gasteiger partial charge in [-0.05, 0) is 78.9 Å². The van der Waals surface area contributed by atoms with E-state index in [1.54, 1.807) is 84.9 Å². The van der Waals surface area contributed by atoms with Crippen molar-refractivity contribution in [1.29, 1.82) is 0 Å². The first-order valence-electron chi connectivity index (χ1n) is 11.4. The average Bonchev–Trinajstić information content (AvgIpc) is 2.95. The minimum absolute atomic E-state index is 0.215. The highest BCUT2D eigenvalue weighted by atomic mass is 35.5. The van der Waals surface area contributed by atoms with Gasteiger partial charge in [-0.15, -0.1) is 0 Å². The van der Waals surface area contributed by atoms with Crippen LogP contribution in [0, 0.1) is 0 Å². The molecule has 38 heavy (non-hydrogen) atoms. The second kappa shape index (κ2) is 12.3. The number of rotatable bonds is 8. The molecule has 2 amide bonds. The van der Waals surface area contributed by atoms with Crippen LogP contribution in [0.4, 0.5) is 5.69 Å². The molecule has 0 aromatic heterocycles. The molecule has 4 aromatic rings. The van der Waals surface area contributed by atoms with Crippen molar-refractivity contribution in [2.45, 2.75) is 0 Å². The summed E-state index contributed by atoms with van der Waals surface area (Å²) in [5, 5.41) is 7.14. The topological polar surface area (TPSA) is 106 Å². The Balaban J connectivity index is 1.38. The number of carbonyl (C=O) groups is 3. The maximum Gasteiger partial charge on any atom is 0.343 e. The van der Waals surface area contributed by atoms with Gasteiger partial charge in [-0.3, -0.25) is 9.59 Å².